The van der Waals surface area contributed by atoms with E-state index >= 15 is 0 Å². The highest BCUT2D eigenvalue weighted by molar-refractivity contribution is 8.18. The van der Waals surface area contributed by atoms with Crippen molar-refractivity contribution >= 4 is 39.9 Å². The normalized spacial score (nSPS) is 15.5. The van der Waals surface area contributed by atoms with E-state index in [2.05, 4.69) is 20.3 Å². The van der Waals surface area contributed by atoms with Gasteiger partial charge in [0.2, 0.25) is 0 Å². The molecule has 3 aromatic rings. The second-order valence-corrected chi connectivity index (χ2v) is 6.46. The Morgan fingerprint density at radius 1 is 1.12 bits per heavy atom. The number of imide groups is 1. The van der Waals surface area contributed by atoms with Crippen molar-refractivity contribution in [1.82, 2.24) is 20.3 Å². The highest BCUT2D eigenvalue weighted by Gasteiger charge is 2.24. The van der Waals surface area contributed by atoms with Crippen molar-refractivity contribution in [2.75, 3.05) is 7.11 Å². The number of benzene rings is 1. The Morgan fingerprint density at radius 2 is 1.92 bits per heavy atom. The van der Waals surface area contributed by atoms with Crippen molar-refractivity contribution in [2.45, 2.75) is 0 Å². The minimum absolute atomic E-state index is 0.298. The molecule has 0 atom stereocenters. The second kappa shape index (κ2) is 6.57. The fourth-order valence-corrected chi connectivity index (χ4v) is 3.32. The van der Waals surface area contributed by atoms with E-state index in [0.29, 0.717) is 10.9 Å². The van der Waals surface area contributed by atoms with Gasteiger partial charge in [0, 0.05) is 29.5 Å². The van der Waals surface area contributed by atoms with Crippen LogP contribution in [-0.4, -0.2) is 33.2 Å². The predicted molar refractivity (Wildman–Crippen MR) is 98.4 cm³/mol. The number of pyridine rings is 1. The summed E-state index contributed by atoms with van der Waals surface area (Å²) >= 11 is 0.891. The fourth-order valence-electron chi connectivity index (χ4n) is 2.64. The molecule has 0 bridgehead atoms. The van der Waals surface area contributed by atoms with Crippen LogP contribution >= 0.6 is 11.8 Å². The minimum atomic E-state index is -0.380. The van der Waals surface area contributed by atoms with Gasteiger partial charge in [-0.1, -0.05) is 6.07 Å². The van der Waals surface area contributed by atoms with E-state index < -0.39 is 0 Å². The molecule has 4 rings (SSSR count). The molecule has 2 aromatic heterocycles. The summed E-state index contributed by atoms with van der Waals surface area (Å²) < 4.78 is 4.99. The number of rotatable bonds is 3. The van der Waals surface area contributed by atoms with Crippen molar-refractivity contribution in [3.05, 3.63) is 53.3 Å². The van der Waals surface area contributed by atoms with Gasteiger partial charge in [0.25, 0.3) is 11.1 Å². The molecular formula is C18H12N4O3S. The van der Waals surface area contributed by atoms with Gasteiger partial charge in [-0.25, -0.2) is 9.97 Å². The number of carbonyl (C=O) groups excluding carboxylic acids is 2. The molecule has 26 heavy (non-hydrogen) atoms. The lowest BCUT2D eigenvalue weighted by atomic mass is 10.0. The molecular weight excluding hydrogens is 352 g/mol. The average molecular weight is 364 g/mol. The topological polar surface area (TPSA) is 94.1 Å². The molecule has 7 nitrogen and oxygen atoms in total. The zero-order valence-electron chi connectivity index (χ0n) is 13.6. The quantitative estimate of drug-likeness (QED) is 0.714. The van der Waals surface area contributed by atoms with Gasteiger partial charge in [-0.3, -0.25) is 19.9 Å². The highest BCUT2D eigenvalue weighted by Crippen LogP contribution is 2.30. The summed E-state index contributed by atoms with van der Waals surface area (Å²) in [5.74, 6) is -0.380. The largest absolute Gasteiger partial charge is 0.467 e. The number of nitrogens with zero attached hydrogens (tertiary/aromatic N) is 3. The standard InChI is InChI=1S/C18H12N4O3S/c1-25-17-20-8-11(9-21-17)12-4-5-19-14-3-2-10(6-13(12)14)7-15-16(23)22-18(24)26-15/h2-9H,1H3,(H,22,23,24)/b15-7-. The van der Waals surface area contributed by atoms with Gasteiger partial charge in [-0.05, 0) is 47.2 Å². The van der Waals surface area contributed by atoms with Crippen LogP contribution in [0.15, 0.2) is 47.8 Å². The van der Waals surface area contributed by atoms with Crippen LogP contribution in [0.3, 0.4) is 0 Å². The molecule has 1 fully saturated rings. The maximum Gasteiger partial charge on any atom is 0.316 e. The first-order chi connectivity index (χ1) is 12.6. The number of ether oxygens (including phenoxy) is 1. The Bertz CT molecular complexity index is 1060. The first-order valence-corrected chi connectivity index (χ1v) is 8.46. The second-order valence-electron chi connectivity index (χ2n) is 5.45. The van der Waals surface area contributed by atoms with E-state index in [1.165, 1.54) is 7.11 Å². The van der Waals surface area contributed by atoms with Crippen molar-refractivity contribution in [2.24, 2.45) is 0 Å². The molecule has 128 valence electrons. The van der Waals surface area contributed by atoms with Gasteiger partial charge in [0.1, 0.15) is 0 Å². The van der Waals surface area contributed by atoms with Crippen molar-refractivity contribution in [3.8, 4) is 17.1 Å². The van der Waals surface area contributed by atoms with Crippen molar-refractivity contribution < 1.29 is 14.3 Å². The predicted octanol–water partition coefficient (Wildman–Crippen LogP) is 3.02. The van der Waals surface area contributed by atoms with Gasteiger partial charge < -0.3 is 4.74 Å². The number of nitrogens with one attached hydrogen (secondary N) is 1. The monoisotopic (exact) mass is 364 g/mol. The first-order valence-electron chi connectivity index (χ1n) is 7.64. The van der Waals surface area contributed by atoms with E-state index in [1.807, 2.05) is 24.3 Å². The smallest absolute Gasteiger partial charge is 0.316 e. The van der Waals surface area contributed by atoms with Gasteiger partial charge in [-0.15, -0.1) is 0 Å². The lowest BCUT2D eigenvalue weighted by Crippen LogP contribution is -2.17. The van der Waals surface area contributed by atoms with Crippen LogP contribution in [0.1, 0.15) is 5.56 Å². The van der Waals surface area contributed by atoms with Crippen LogP contribution in [0.25, 0.3) is 28.1 Å². The molecule has 1 aromatic carbocycles. The summed E-state index contributed by atoms with van der Waals surface area (Å²) in [6.07, 6.45) is 6.78. The van der Waals surface area contributed by atoms with Crippen LogP contribution in [0.2, 0.25) is 0 Å². The zero-order chi connectivity index (χ0) is 18.1. The third kappa shape index (κ3) is 3.02. The van der Waals surface area contributed by atoms with E-state index in [1.54, 1.807) is 24.7 Å². The van der Waals surface area contributed by atoms with Crippen molar-refractivity contribution in [3.63, 3.8) is 0 Å². The van der Waals surface area contributed by atoms with Crippen LogP contribution in [-0.2, 0) is 4.79 Å². The minimum Gasteiger partial charge on any atom is -0.467 e. The lowest BCUT2D eigenvalue weighted by Gasteiger charge is -2.07. The third-order valence-electron chi connectivity index (χ3n) is 3.83. The number of amides is 2. The SMILES string of the molecule is COc1ncc(-c2ccnc3ccc(/C=C4\SC(=O)NC4=O)cc23)cn1. The number of hydrogen-bond acceptors (Lipinski definition) is 7. The summed E-state index contributed by atoms with van der Waals surface area (Å²) in [5, 5.41) is 2.78. The maximum atomic E-state index is 11.7. The number of carbonyl (C=O) groups is 2. The first kappa shape index (κ1) is 16.2. The van der Waals surface area contributed by atoms with E-state index in [4.69, 9.17) is 4.74 Å². The number of hydrogen-bond donors (Lipinski definition) is 1. The molecule has 0 unspecified atom stereocenters. The number of methoxy groups -OCH3 is 1. The third-order valence-corrected chi connectivity index (χ3v) is 4.64. The molecule has 3 heterocycles. The Hall–Kier alpha value is -3.26. The van der Waals surface area contributed by atoms with Crippen LogP contribution in [0.5, 0.6) is 6.01 Å². The molecule has 0 radical (unpaired) electrons. The Morgan fingerprint density at radius 3 is 2.62 bits per heavy atom. The molecule has 8 heteroatoms. The molecule has 0 spiro atoms. The van der Waals surface area contributed by atoms with Crippen LogP contribution in [0, 0.1) is 0 Å². The summed E-state index contributed by atoms with van der Waals surface area (Å²) in [5.41, 5.74) is 3.34. The van der Waals surface area contributed by atoms with Gasteiger partial charge in [0.15, 0.2) is 0 Å². The van der Waals surface area contributed by atoms with Crippen molar-refractivity contribution in [1.29, 1.82) is 0 Å². The summed E-state index contributed by atoms with van der Waals surface area (Å²) in [6.45, 7) is 0. The van der Waals surface area contributed by atoms with E-state index in [0.717, 1.165) is 39.4 Å². The summed E-state index contributed by atoms with van der Waals surface area (Å²) in [6, 6.07) is 7.82. The van der Waals surface area contributed by atoms with E-state index in [-0.39, 0.29) is 11.1 Å². The average Bonchev–Trinajstić information content (AvgIpc) is 2.98. The summed E-state index contributed by atoms with van der Waals surface area (Å²) in [4.78, 5) is 36.1. The number of fused-ring (bicyclic) bond motifs is 1. The highest BCUT2D eigenvalue weighted by atomic mass is 32.2. The molecule has 1 N–H and O–H groups in total. The molecule has 2 amide bonds. The Balaban J connectivity index is 1.80. The van der Waals surface area contributed by atoms with Gasteiger partial charge in [0.05, 0.1) is 17.5 Å². The van der Waals surface area contributed by atoms with Gasteiger partial charge >= 0.3 is 6.01 Å². The summed E-state index contributed by atoms with van der Waals surface area (Å²) in [7, 11) is 1.51. The molecule has 0 saturated carbocycles. The van der Waals surface area contributed by atoms with Crippen LogP contribution < -0.4 is 10.1 Å². The molecule has 1 aliphatic rings. The molecule has 0 aliphatic carbocycles. The lowest BCUT2D eigenvalue weighted by molar-refractivity contribution is -0.115. The number of aromatic nitrogens is 3. The van der Waals surface area contributed by atoms with Gasteiger partial charge in [-0.2, -0.15) is 0 Å². The maximum absolute atomic E-state index is 11.7. The molecule has 1 aliphatic heterocycles. The zero-order valence-corrected chi connectivity index (χ0v) is 14.4. The van der Waals surface area contributed by atoms with E-state index in [9.17, 15) is 9.59 Å². The Labute approximate surface area is 152 Å². The number of thioether (sulfide) groups is 1. The molecule has 1 saturated heterocycles. The Kier molecular flexibility index (Phi) is 4.10. The fraction of sp³-hybridized carbons (Fsp3) is 0.0556. The van der Waals surface area contributed by atoms with Crippen LogP contribution in [0.4, 0.5) is 4.79 Å².